The number of carbonyl (C=O) groups is 1. The molecular formula is C19H21N3O2S2. The van der Waals surface area contributed by atoms with E-state index in [0.717, 1.165) is 41.2 Å². The van der Waals surface area contributed by atoms with E-state index in [4.69, 9.17) is 0 Å². The van der Waals surface area contributed by atoms with E-state index >= 15 is 0 Å². The van der Waals surface area contributed by atoms with Crippen LogP contribution in [0.5, 0.6) is 0 Å². The number of fused-ring (bicyclic) bond motifs is 1. The smallest absolute Gasteiger partial charge is 0.263 e. The van der Waals surface area contributed by atoms with Crippen molar-refractivity contribution in [2.24, 2.45) is 0 Å². The number of nitrogens with zero attached hydrogens (tertiary/aromatic N) is 3. The second-order valence-corrected chi connectivity index (χ2v) is 8.86. The maximum Gasteiger partial charge on any atom is 0.263 e. The third-order valence-corrected chi connectivity index (χ3v) is 6.75. The van der Waals surface area contributed by atoms with Gasteiger partial charge in [0.25, 0.3) is 5.56 Å². The quantitative estimate of drug-likeness (QED) is 0.685. The van der Waals surface area contributed by atoms with Crippen molar-refractivity contribution in [2.75, 3.05) is 13.1 Å². The van der Waals surface area contributed by atoms with E-state index in [1.165, 1.54) is 39.9 Å². The number of likely N-dealkylation sites (tertiary alicyclic amines) is 1. The van der Waals surface area contributed by atoms with Gasteiger partial charge in [-0.15, -0.1) is 22.7 Å². The minimum atomic E-state index is -0.125. The molecule has 1 amide bonds. The Morgan fingerprint density at radius 1 is 1.19 bits per heavy atom. The molecule has 26 heavy (non-hydrogen) atoms. The van der Waals surface area contributed by atoms with Crippen molar-refractivity contribution in [3.63, 3.8) is 0 Å². The fourth-order valence-electron chi connectivity index (χ4n) is 3.41. The van der Waals surface area contributed by atoms with E-state index in [-0.39, 0.29) is 18.0 Å². The van der Waals surface area contributed by atoms with Crippen molar-refractivity contribution in [3.8, 4) is 10.4 Å². The van der Waals surface area contributed by atoms with Crippen molar-refractivity contribution < 1.29 is 4.79 Å². The summed E-state index contributed by atoms with van der Waals surface area (Å²) < 4.78 is 1.46. The molecule has 136 valence electrons. The first-order chi connectivity index (χ1) is 12.6. The van der Waals surface area contributed by atoms with Crippen LogP contribution < -0.4 is 5.56 Å². The lowest BCUT2D eigenvalue weighted by Gasteiger charge is -2.20. The number of amides is 1. The van der Waals surface area contributed by atoms with Gasteiger partial charge in [0.1, 0.15) is 11.4 Å². The summed E-state index contributed by atoms with van der Waals surface area (Å²) in [5, 5.41) is 2.62. The summed E-state index contributed by atoms with van der Waals surface area (Å²) in [6.07, 6.45) is 5.96. The third kappa shape index (κ3) is 3.33. The molecule has 0 bridgehead atoms. The van der Waals surface area contributed by atoms with Crippen molar-refractivity contribution in [3.05, 3.63) is 39.1 Å². The molecule has 0 N–H and O–H groups in total. The third-order valence-electron chi connectivity index (χ3n) is 4.83. The molecule has 0 saturated carbocycles. The molecule has 3 aromatic rings. The number of aromatic nitrogens is 2. The first-order valence-corrected chi connectivity index (χ1v) is 10.6. The highest BCUT2D eigenvalue weighted by atomic mass is 32.1. The van der Waals surface area contributed by atoms with Crippen molar-refractivity contribution in [1.29, 1.82) is 0 Å². The van der Waals surface area contributed by atoms with Crippen molar-refractivity contribution in [1.82, 2.24) is 14.5 Å². The Kier molecular flexibility index (Phi) is 4.91. The van der Waals surface area contributed by atoms with E-state index in [2.05, 4.69) is 18.0 Å². The maximum atomic E-state index is 13.0. The second kappa shape index (κ2) is 7.32. The molecule has 4 heterocycles. The molecule has 4 rings (SSSR count). The Labute approximate surface area is 159 Å². The monoisotopic (exact) mass is 387 g/mol. The fourth-order valence-corrected chi connectivity index (χ4v) is 5.27. The lowest BCUT2D eigenvalue weighted by atomic mass is 10.2. The summed E-state index contributed by atoms with van der Waals surface area (Å²) in [5.41, 5.74) is 0.803. The van der Waals surface area contributed by atoms with E-state index < -0.39 is 0 Å². The van der Waals surface area contributed by atoms with Gasteiger partial charge in [0.05, 0.1) is 11.7 Å². The molecule has 1 aliphatic rings. The van der Waals surface area contributed by atoms with Crippen LogP contribution in [0.2, 0.25) is 0 Å². The van der Waals surface area contributed by atoms with E-state index in [0.29, 0.717) is 5.39 Å². The topological polar surface area (TPSA) is 55.2 Å². The first kappa shape index (κ1) is 17.4. The zero-order valence-corrected chi connectivity index (χ0v) is 16.4. The van der Waals surface area contributed by atoms with Crippen LogP contribution >= 0.6 is 22.7 Å². The molecule has 0 atom stereocenters. The molecule has 0 radical (unpaired) electrons. The average Bonchev–Trinajstić information content (AvgIpc) is 3.14. The summed E-state index contributed by atoms with van der Waals surface area (Å²) in [5.74, 6) is 0.0129. The molecule has 5 nitrogen and oxygen atoms in total. The first-order valence-electron chi connectivity index (χ1n) is 8.95. The Morgan fingerprint density at radius 2 is 1.96 bits per heavy atom. The molecular weight excluding hydrogens is 366 g/mol. The van der Waals surface area contributed by atoms with Crippen LogP contribution in [0.1, 0.15) is 30.6 Å². The summed E-state index contributed by atoms with van der Waals surface area (Å²) in [6.45, 7) is 3.71. The molecule has 1 fully saturated rings. The zero-order chi connectivity index (χ0) is 18.1. The Balaban J connectivity index is 1.67. The van der Waals surface area contributed by atoms with E-state index in [1.807, 2.05) is 16.3 Å². The van der Waals surface area contributed by atoms with Crippen LogP contribution in [0.4, 0.5) is 0 Å². The number of rotatable bonds is 3. The van der Waals surface area contributed by atoms with E-state index in [1.54, 1.807) is 11.3 Å². The van der Waals surface area contributed by atoms with Crippen molar-refractivity contribution >= 4 is 38.8 Å². The predicted molar refractivity (Wildman–Crippen MR) is 107 cm³/mol. The highest BCUT2D eigenvalue weighted by molar-refractivity contribution is 7.19. The molecule has 7 heteroatoms. The van der Waals surface area contributed by atoms with Crippen LogP contribution in [0.3, 0.4) is 0 Å². The number of thiophene rings is 2. The SMILES string of the molecule is Cc1ccc(-c2csc3ncn(CC(=O)N4CCCCCC4)c(=O)c23)s1. The van der Waals surface area contributed by atoms with Gasteiger partial charge in [-0.25, -0.2) is 4.98 Å². The van der Waals surface area contributed by atoms with Crippen LogP contribution in [0.15, 0.2) is 28.6 Å². The molecule has 0 unspecified atom stereocenters. The number of hydrogen-bond donors (Lipinski definition) is 0. The van der Waals surface area contributed by atoms with Gasteiger partial charge in [-0.2, -0.15) is 0 Å². The normalized spacial score (nSPS) is 15.3. The minimum Gasteiger partial charge on any atom is -0.341 e. The predicted octanol–water partition coefficient (Wildman–Crippen LogP) is 3.90. The van der Waals surface area contributed by atoms with Gasteiger partial charge in [-0.1, -0.05) is 12.8 Å². The molecule has 0 spiro atoms. The van der Waals surface area contributed by atoms with Crippen LogP contribution in [0, 0.1) is 6.92 Å². The Hall–Kier alpha value is -1.99. The molecule has 0 aliphatic carbocycles. The highest BCUT2D eigenvalue weighted by Gasteiger charge is 2.19. The maximum absolute atomic E-state index is 13.0. The summed E-state index contributed by atoms with van der Waals surface area (Å²) >= 11 is 3.15. The molecule has 0 aromatic carbocycles. The Bertz CT molecular complexity index is 994. The van der Waals surface area contributed by atoms with Crippen LogP contribution in [0.25, 0.3) is 20.7 Å². The number of aryl methyl sites for hydroxylation is 1. The van der Waals surface area contributed by atoms with Gasteiger partial charge < -0.3 is 4.90 Å². The molecule has 1 saturated heterocycles. The summed E-state index contributed by atoms with van der Waals surface area (Å²) in [6, 6.07) is 4.10. The number of carbonyl (C=O) groups excluding carboxylic acids is 1. The van der Waals surface area contributed by atoms with Gasteiger partial charge in [-0.05, 0) is 31.9 Å². The molecule has 3 aromatic heterocycles. The lowest BCUT2D eigenvalue weighted by molar-refractivity contribution is -0.131. The lowest BCUT2D eigenvalue weighted by Crippen LogP contribution is -2.37. The minimum absolute atomic E-state index is 0.0129. The largest absolute Gasteiger partial charge is 0.341 e. The van der Waals surface area contributed by atoms with Gasteiger partial charge in [-0.3, -0.25) is 14.2 Å². The zero-order valence-electron chi connectivity index (χ0n) is 14.7. The molecule has 1 aliphatic heterocycles. The average molecular weight is 388 g/mol. The van der Waals surface area contributed by atoms with Crippen molar-refractivity contribution in [2.45, 2.75) is 39.2 Å². The summed E-state index contributed by atoms with van der Waals surface area (Å²) in [4.78, 5) is 35.0. The van der Waals surface area contributed by atoms with Crippen LogP contribution in [-0.4, -0.2) is 33.4 Å². The van der Waals surface area contributed by atoms with Gasteiger partial charge in [0.15, 0.2) is 0 Å². The van der Waals surface area contributed by atoms with Gasteiger partial charge >= 0.3 is 0 Å². The van der Waals surface area contributed by atoms with E-state index in [9.17, 15) is 9.59 Å². The van der Waals surface area contributed by atoms with Gasteiger partial charge in [0.2, 0.25) is 5.91 Å². The fraction of sp³-hybridized carbons (Fsp3) is 0.421. The highest BCUT2D eigenvalue weighted by Crippen LogP contribution is 2.34. The number of hydrogen-bond acceptors (Lipinski definition) is 5. The summed E-state index contributed by atoms with van der Waals surface area (Å²) in [7, 11) is 0. The Morgan fingerprint density at radius 3 is 2.65 bits per heavy atom. The second-order valence-electron chi connectivity index (χ2n) is 6.71. The standard InChI is InChI=1S/C19H21N3O2S2/c1-13-6-7-15(26-13)14-11-25-18-17(14)19(24)22(12-20-18)10-16(23)21-8-4-2-3-5-9-21/h6-7,11-12H,2-5,8-10H2,1H3. The van der Waals surface area contributed by atoms with Gasteiger partial charge in [0, 0.05) is 33.8 Å². The van der Waals surface area contributed by atoms with Crippen LogP contribution in [-0.2, 0) is 11.3 Å².